The number of hydrogen-bond donors (Lipinski definition) is 2. The molecular weight excluding hydrogens is 245 g/mol. The topological polar surface area (TPSA) is 64.9 Å². The van der Waals surface area contributed by atoms with Gasteiger partial charge in [-0.25, -0.2) is 4.39 Å². The van der Waals surface area contributed by atoms with Gasteiger partial charge in [-0.1, -0.05) is 0 Å². The van der Waals surface area contributed by atoms with E-state index in [1.54, 1.807) is 0 Å². The van der Waals surface area contributed by atoms with Gasteiger partial charge in [0.15, 0.2) is 0 Å². The molecule has 0 unspecified atom stereocenters. The molecule has 0 spiro atoms. The van der Waals surface area contributed by atoms with Gasteiger partial charge < -0.3 is 10.6 Å². The Morgan fingerprint density at radius 2 is 1.89 bits per heavy atom. The van der Waals surface area contributed by atoms with Crippen molar-refractivity contribution in [1.82, 2.24) is 5.32 Å². The van der Waals surface area contributed by atoms with E-state index in [9.17, 15) is 9.18 Å². The Morgan fingerprint density at radius 1 is 1.32 bits per heavy atom. The summed E-state index contributed by atoms with van der Waals surface area (Å²) in [6.07, 6.45) is 1.30. The molecule has 0 heterocycles. The van der Waals surface area contributed by atoms with Crippen molar-refractivity contribution in [2.24, 2.45) is 0 Å². The number of amides is 1. The summed E-state index contributed by atoms with van der Waals surface area (Å²) in [6.45, 7) is 5.48. The van der Waals surface area contributed by atoms with Crippen LogP contribution in [0.5, 0.6) is 0 Å². The number of carbonyl (C=O) groups excluding carboxylic acids is 1. The maximum atomic E-state index is 12.7. The highest BCUT2D eigenvalue weighted by Gasteiger charge is 2.16. The molecule has 0 saturated heterocycles. The van der Waals surface area contributed by atoms with Gasteiger partial charge in [-0.2, -0.15) is 5.26 Å². The van der Waals surface area contributed by atoms with Gasteiger partial charge in [-0.3, -0.25) is 4.79 Å². The second-order valence-electron chi connectivity index (χ2n) is 5.03. The highest BCUT2D eigenvalue weighted by molar-refractivity contribution is 5.97. The van der Waals surface area contributed by atoms with Crippen LogP contribution in [-0.4, -0.2) is 11.4 Å². The van der Waals surface area contributed by atoms with Crippen molar-refractivity contribution >= 4 is 11.6 Å². The zero-order valence-electron chi connectivity index (χ0n) is 11.1. The lowest BCUT2D eigenvalue weighted by Crippen LogP contribution is -2.41. The van der Waals surface area contributed by atoms with Crippen LogP contribution in [0.4, 0.5) is 10.1 Å². The molecule has 0 atom stereocenters. The molecule has 1 amide bonds. The van der Waals surface area contributed by atoms with E-state index >= 15 is 0 Å². The molecule has 0 aliphatic carbocycles. The number of nitrogens with zero attached hydrogens (tertiary/aromatic N) is 1. The van der Waals surface area contributed by atoms with Crippen LogP contribution in [0.2, 0.25) is 0 Å². The molecule has 0 bridgehead atoms. The van der Waals surface area contributed by atoms with Gasteiger partial charge >= 0.3 is 0 Å². The molecule has 100 valence electrons. The number of anilines is 1. The summed E-state index contributed by atoms with van der Waals surface area (Å²) < 4.78 is 12.7. The fraction of sp³-hybridized carbons (Fsp3) is 0.286. The van der Waals surface area contributed by atoms with Gasteiger partial charge in [0, 0.05) is 17.4 Å². The molecule has 0 aromatic heterocycles. The first-order chi connectivity index (χ1) is 8.81. The fourth-order valence-electron chi connectivity index (χ4n) is 1.26. The molecule has 0 saturated carbocycles. The second-order valence-corrected chi connectivity index (χ2v) is 5.03. The standard InChI is InChI=1S/C14H16FN3O/c1-14(2,3)18-13(19)10(8-16)9-17-12-6-4-11(15)5-7-12/h4-7,9,17H,1-3H3,(H,18,19)/b10-9-. The predicted molar refractivity (Wildman–Crippen MR) is 71.6 cm³/mol. The van der Waals surface area contributed by atoms with Gasteiger partial charge in [0.1, 0.15) is 17.5 Å². The van der Waals surface area contributed by atoms with E-state index < -0.39 is 11.4 Å². The van der Waals surface area contributed by atoms with Crippen LogP contribution >= 0.6 is 0 Å². The second kappa shape index (κ2) is 6.01. The Bertz CT molecular complexity index is 521. The van der Waals surface area contributed by atoms with Crippen LogP contribution in [-0.2, 0) is 4.79 Å². The minimum atomic E-state index is -0.454. The first-order valence-electron chi connectivity index (χ1n) is 5.77. The third-order valence-electron chi connectivity index (χ3n) is 2.08. The lowest BCUT2D eigenvalue weighted by atomic mass is 10.1. The largest absolute Gasteiger partial charge is 0.360 e. The van der Waals surface area contributed by atoms with Crippen LogP contribution < -0.4 is 10.6 Å². The van der Waals surface area contributed by atoms with E-state index in [0.717, 1.165) is 0 Å². The number of benzene rings is 1. The number of nitriles is 1. The molecule has 2 N–H and O–H groups in total. The lowest BCUT2D eigenvalue weighted by molar-refractivity contribution is -0.118. The van der Waals surface area contributed by atoms with Crippen LogP contribution in [0.25, 0.3) is 0 Å². The van der Waals surface area contributed by atoms with Crippen molar-refractivity contribution in [3.63, 3.8) is 0 Å². The number of hydrogen-bond acceptors (Lipinski definition) is 3. The van der Waals surface area contributed by atoms with E-state index in [1.807, 2.05) is 26.8 Å². The first kappa shape index (κ1) is 14.7. The quantitative estimate of drug-likeness (QED) is 0.649. The minimum Gasteiger partial charge on any atom is -0.360 e. The molecule has 0 aliphatic rings. The van der Waals surface area contributed by atoms with E-state index in [2.05, 4.69) is 10.6 Å². The van der Waals surface area contributed by atoms with Crippen LogP contribution in [0, 0.1) is 17.1 Å². The summed E-state index contributed by atoms with van der Waals surface area (Å²) in [7, 11) is 0. The third kappa shape index (κ3) is 5.21. The van der Waals surface area contributed by atoms with Crippen molar-refractivity contribution in [2.45, 2.75) is 26.3 Å². The van der Waals surface area contributed by atoms with Crippen molar-refractivity contribution in [2.75, 3.05) is 5.32 Å². The van der Waals surface area contributed by atoms with Crippen molar-refractivity contribution < 1.29 is 9.18 Å². The maximum Gasteiger partial charge on any atom is 0.263 e. The number of nitrogens with one attached hydrogen (secondary N) is 2. The van der Waals surface area contributed by atoms with E-state index in [1.165, 1.54) is 30.5 Å². The zero-order chi connectivity index (χ0) is 14.5. The number of halogens is 1. The van der Waals surface area contributed by atoms with E-state index in [4.69, 9.17) is 5.26 Å². The summed E-state index contributed by atoms with van der Waals surface area (Å²) in [5, 5.41) is 14.4. The highest BCUT2D eigenvalue weighted by atomic mass is 19.1. The molecule has 0 radical (unpaired) electrons. The third-order valence-corrected chi connectivity index (χ3v) is 2.08. The molecule has 5 heteroatoms. The number of rotatable bonds is 3. The monoisotopic (exact) mass is 261 g/mol. The Morgan fingerprint density at radius 3 is 2.37 bits per heavy atom. The summed E-state index contributed by atoms with van der Waals surface area (Å²) in [4.78, 5) is 11.8. The van der Waals surface area contributed by atoms with Crippen molar-refractivity contribution in [3.05, 3.63) is 41.9 Å². The van der Waals surface area contributed by atoms with Crippen LogP contribution in [0.3, 0.4) is 0 Å². The summed E-state index contributed by atoms with van der Waals surface area (Å²) >= 11 is 0. The van der Waals surface area contributed by atoms with Gasteiger partial charge in [0.25, 0.3) is 5.91 Å². The van der Waals surface area contributed by atoms with Gasteiger partial charge in [0.2, 0.25) is 0 Å². The number of carbonyl (C=O) groups is 1. The smallest absolute Gasteiger partial charge is 0.263 e. The van der Waals surface area contributed by atoms with E-state index in [0.29, 0.717) is 5.69 Å². The van der Waals surface area contributed by atoms with Crippen molar-refractivity contribution in [3.8, 4) is 6.07 Å². The zero-order valence-corrected chi connectivity index (χ0v) is 11.1. The van der Waals surface area contributed by atoms with Crippen molar-refractivity contribution in [1.29, 1.82) is 5.26 Å². The summed E-state index contributed by atoms with van der Waals surface area (Å²) in [5.41, 5.74) is 0.139. The Labute approximate surface area is 111 Å². The Hall–Kier alpha value is -2.35. The molecule has 1 rings (SSSR count). The molecular formula is C14H16FN3O. The summed E-state index contributed by atoms with van der Waals surface area (Å²) in [5.74, 6) is -0.801. The van der Waals surface area contributed by atoms with Gasteiger partial charge in [-0.05, 0) is 45.0 Å². The lowest BCUT2D eigenvalue weighted by Gasteiger charge is -2.20. The molecule has 0 aliphatic heterocycles. The normalized spacial score (nSPS) is 11.6. The average molecular weight is 261 g/mol. The molecule has 0 fully saturated rings. The minimum absolute atomic E-state index is 0.0424. The predicted octanol–water partition coefficient (Wildman–Crippen LogP) is 2.56. The SMILES string of the molecule is CC(C)(C)NC(=O)/C(C#N)=C\Nc1ccc(F)cc1. The first-order valence-corrected chi connectivity index (χ1v) is 5.77. The summed E-state index contributed by atoms with van der Waals surface area (Å²) in [6, 6.07) is 7.43. The van der Waals surface area contributed by atoms with E-state index in [-0.39, 0.29) is 11.4 Å². The average Bonchev–Trinajstić information content (AvgIpc) is 2.30. The molecule has 1 aromatic carbocycles. The van der Waals surface area contributed by atoms with Crippen LogP contribution in [0.1, 0.15) is 20.8 Å². The molecule has 1 aromatic rings. The maximum absolute atomic E-state index is 12.7. The van der Waals surface area contributed by atoms with Gasteiger partial charge in [0.05, 0.1) is 0 Å². The molecule has 19 heavy (non-hydrogen) atoms. The molecule has 4 nitrogen and oxygen atoms in total. The van der Waals surface area contributed by atoms with Crippen LogP contribution in [0.15, 0.2) is 36.0 Å². The Kier molecular flexibility index (Phi) is 4.65. The Balaban J connectivity index is 2.75. The highest BCUT2D eigenvalue weighted by Crippen LogP contribution is 2.09. The fourth-order valence-corrected chi connectivity index (χ4v) is 1.26. The van der Waals surface area contributed by atoms with Gasteiger partial charge in [-0.15, -0.1) is 0 Å².